The highest BCUT2D eigenvalue weighted by Gasteiger charge is 2.32. The van der Waals surface area contributed by atoms with E-state index < -0.39 is 0 Å². The van der Waals surface area contributed by atoms with E-state index in [0.717, 1.165) is 38.9 Å². The fourth-order valence-electron chi connectivity index (χ4n) is 4.55. The molecule has 0 aliphatic carbocycles. The summed E-state index contributed by atoms with van der Waals surface area (Å²) in [6.07, 6.45) is 5.54. The molecule has 1 amide bonds. The number of fused-ring (bicyclic) bond motifs is 2. The number of carbonyl (C=O) groups excluding carboxylic acids is 2. The smallest absolute Gasteiger partial charge is 0.342 e. The van der Waals surface area contributed by atoms with Gasteiger partial charge in [0.1, 0.15) is 23.7 Å². The molecule has 0 unspecified atom stereocenters. The molecule has 0 fully saturated rings. The van der Waals surface area contributed by atoms with Crippen LogP contribution >= 0.6 is 0 Å². The quantitative estimate of drug-likeness (QED) is 0.373. The number of hydrogen-bond acceptors (Lipinski definition) is 5. The van der Waals surface area contributed by atoms with Crippen LogP contribution in [-0.4, -0.2) is 30.7 Å². The Morgan fingerprint density at radius 3 is 2.68 bits per heavy atom. The van der Waals surface area contributed by atoms with Gasteiger partial charge >= 0.3 is 5.97 Å². The third-order valence-electron chi connectivity index (χ3n) is 6.43. The summed E-state index contributed by atoms with van der Waals surface area (Å²) in [6, 6.07) is 7.90. The minimum atomic E-state index is -0.371. The first kappa shape index (κ1) is 23.4. The summed E-state index contributed by atoms with van der Waals surface area (Å²) in [5, 5.41) is 4.06. The Kier molecular flexibility index (Phi) is 6.63. The Bertz CT molecular complexity index is 1300. The molecule has 0 atom stereocenters. The van der Waals surface area contributed by atoms with Crippen molar-refractivity contribution in [2.75, 3.05) is 19.5 Å². The average molecular weight is 463 g/mol. The lowest BCUT2D eigenvalue weighted by atomic mass is 9.94. The number of hydrogen-bond donors (Lipinski definition) is 1. The molecular weight excluding hydrogens is 432 g/mol. The van der Waals surface area contributed by atoms with Crippen LogP contribution in [0.4, 0.5) is 5.69 Å². The number of anilines is 1. The van der Waals surface area contributed by atoms with Crippen molar-refractivity contribution >= 4 is 28.5 Å². The summed E-state index contributed by atoms with van der Waals surface area (Å²) < 4.78 is 18.5. The summed E-state index contributed by atoms with van der Waals surface area (Å²) in [6.45, 7) is 4.16. The van der Waals surface area contributed by atoms with Gasteiger partial charge in [-0.05, 0) is 50.5 Å². The average Bonchev–Trinajstić information content (AvgIpc) is 3.40. The molecule has 0 saturated carbocycles. The van der Waals surface area contributed by atoms with Crippen LogP contribution in [0.3, 0.4) is 0 Å². The maximum atomic E-state index is 12.6. The SMILES string of the molecule is COc1c(C)c2c(c(OC)c1CC=C(C)CCC(=O)Nc1cccc3c1ccn3C)C(=O)OC2. The number of amides is 1. The molecule has 0 bridgehead atoms. The maximum Gasteiger partial charge on any atom is 0.342 e. The second kappa shape index (κ2) is 9.63. The third-order valence-corrected chi connectivity index (χ3v) is 6.43. The maximum absolute atomic E-state index is 12.6. The number of esters is 1. The molecule has 34 heavy (non-hydrogen) atoms. The molecule has 1 N–H and O–H groups in total. The number of aromatic nitrogens is 1. The summed E-state index contributed by atoms with van der Waals surface area (Å²) in [7, 11) is 5.15. The minimum absolute atomic E-state index is 0.0321. The molecule has 1 aromatic heterocycles. The van der Waals surface area contributed by atoms with Gasteiger partial charge in [0, 0.05) is 41.7 Å². The van der Waals surface area contributed by atoms with Crippen molar-refractivity contribution in [1.29, 1.82) is 0 Å². The number of ether oxygens (including phenoxy) is 3. The number of cyclic esters (lactones) is 1. The predicted octanol–water partition coefficient (Wildman–Crippen LogP) is 5.08. The fourth-order valence-corrected chi connectivity index (χ4v) is 4.55. The highest BCUT2D eigenvalue weighted by Crippen LogP contribution is 2.42. The van der Waals surface area contributed by atoms with E-state index in [2.05, 4.69) is 11.4 Å². The van der Waals surface area contributed by atoms with Crippen LogP contribution in [0.25, 0.3) is 10.9 Å². The first-order valence-corrected chi connectivity index (χ1v) is 11.3. The van der Waals surface area contributed by atoms with Crippen LogP contribution in [0.1, 0.15) is 46.8 Å². The molecule has 1 aliphatic rings. The van der Waals surface area contributed by atoms with Crippen LogP contribution < -0.4 is 14.8 Å². The van der Waals surface area contributed by atoms with Gasteiger partial charge in [-0.1, -0.05) is 17.7 Å². The van der Waals surface area contributed by atoms with Gasteiger partial charge in [0.05, 0.1) is 19.9 Å². The number of carbonyl (C=O) groups is 2. The van der Waals surface area contributed by atoms with Crippen molar-refractivity contribution in [3.05, 3.63) is 64.4 Å². The molecule has 2 heterocycles. The topological polar surface area (TPSA) is 78.8 Å². The zero-order valence-corrected chi connectivity index (χ0v) is 20.3. The number of nitrogens with zero attached hydrogens (tertiary/aromatic N) is 1. The van der Waals surface area contributed by atoms with Crippen LogP contribution in [0.5, 0.6) is 11.5 Å². The Hall–Kier alpha value is -3.74. The summed E-state index contributed by atoms with van der Waals surface area (Å²) >= 11 is 0. The summed E-state index contributed by atoms with van der Waals surface area (Å²) in [4.78, 5) is 24.9. The van der Waals surface area contributed by atoms with Crippen LogP contribution in [0.15, 0.2) is 42.1 Å². The first-order valence-electron chi connectivity index (χ1n) is 11.3. The van der Waals surface area contributed by atoms with Crippen molar-refractivity contribution < 1.29 is 23.8 Å². The second-order valence-corrected chi connectivity index (χ2v) is 8.57. The minimum Gasteiger partial charge on any atom is -0.496 e. The molecule has 7 heteroatoms. The van der Waals surface area contributed by atoms with Crippen molar-refractivity contribution in [2.45, 2.75) is 39.7 Å². The molecule has 7 nitrogen and oxygen atoms in total. The van der Waals surface area contributed by atoms with Crippen LogP contribution in [-0.2, 0) is 29.6 Å². The molecule has 178 valence electrons. The monoisotopic (exact) mass is 462 g/mol. The molecule has 0 saturated heterocycles. The molecule has 0 radical (unpaired) electrons. The Balaban J connectivity index is 1.46. The van der Waals surface area contributed by atoms with Crippen molar-refractivity contribution in [2.24, 2.45) is 7.05 Å². The van der Waals surface area contributed by atoms with E-state index in [4.69, 9.17) is 14.2 Å². The molecule has 2 aromatic carbocycles. The van der Waals surface area contributed by atoms with E-state index in [-0.39, 0.29) is 18.5 Å². The van der Waals surface area contributed by atoms with Crippen molar-refractivity contribution in [3.8, 4) is 11.5 Å². The van der Waals surface area contributed by atoms with Gasteiger partial charge in [-0.2, -0.15) is 0 Å². The van der Waals surface area contributed by atoms with Gasteiger partial charge < -0.3 is 24.1 Å². The van der Waals surface area contributed by atoms with E-state index in [1.807, 2.05) is 55.9 Å². The number of nitrogens with one attached hydrogen (secondary N) is 1. The molecular formula is C27H30N2O5. The van der Waals surface area contributed by atoms with E-state index in [1.165, 1.54) is 0 Å². The predicted molar refractivity (Wildman–Crippen MR) is 132 cm³/mol. The zero-order valence-electron chi connectivity index (χ0n) is 20.3. The Labute approximate surface area is 199 Å². The van der Waals surface area contributed by atoms with Gasteiger partial charge in [-0.15, -0.1) is 0 Å². The van der Waals surface area contributed by atoms with Crippen LogP contribution in [0.2, 0.25) is 0 Å². The summed E-state index contributed by atoms with van der Waals surface area (Å²) in [5.74, 6) is 0.796. The van der Waals surface area contributed by atoms with E-state index in [9.17, 15) is 9.59 Å². The highest BCUT2D eigenvalue weighted by molar-refractivity contribution is 6.01. The van der Waals surface area contributed by atoms with Gasteiger partial charge in [-0.3, -0.25) is 4.79 Å². The van der Waals surface area contributed by atoms with Gasteiger partial charge in [0.25, 0.3) is 0 Å². The lowest BCUT2D eigenvalue weighted by Crippen LogP contribution is -2.11. The van der Waals surface area contributed by atoms with Gasteiger partial charge in [0.15, 0.2) is 0 Å². The summed E-state index contributed by atoms with van der Waals surface area (Å²) in [5.41, 5.74) is 5.95. The third kappa shape index (κ3) is 4.25. The largest absolute Gasteiger partial charge is 0.496 e. The number of allylic oxidation sites excluding steroid dienone is 2. The number of benzene rings is 2. The zero-order chi connectivity index (χ0) is 24.4. The van der Waals surface area contributed by atoms with E-state index in [1.54, 1.807) is 14.2 Å². The second-order valence-electron chi connectivity index (χ2n) is 8.57. The normalized spacial score (nSPS) is 13.1. The first-order chi connectivity index (χ1) is 16.3. The Morgan fingerprint density at radius 1 is 1.18 bits per heavy atom. The number of rotatable bonds is 8. The molecule has 0 spiro atoms. The van der Waals surface area contributed by atoms with Gasteiger partial charge in [-0.25, -0.2) is 4.79 Å². The van der Waals surface area contributed by atoms with Crippen molar-refractivity contribution in [3.63, 3.8) is 0 Å². The van der Waals surface area contributed by atoms with Crippen LogP contribution in [0, 0.1) is 6.92 Å². The van der Waals surface area contributed by atoms with E-state index >= 15 is 0 Å². The Morgan fingerprint density at radius 2 is 1.94 bits per heavy atom. The van der Waals surface area contributed by atoms with Crippen molar-refractivity contribution in [1.82, 2.24) is 4.57 Å². The number of methoxy groups -OCH3 is 2. The fraction of sp³-hybridized carbons (Fsp3) is 0.333. The molecule has 4 rings (SSSR count). The van der Waals surface area contributed by atoms with Gasteiger partial charge in [0.2, 0.25) is 5.91 Å². The highest BCUT2D eigenvalue weighted by atomic mass is 16.5. The lowest BCUT2D eigenvalue weighted by molar-refractivity contribution is -0.116. The lowest BCUT2D eigenvalue weighted by Gasteiger charge is -2.18. The molecule has 3 aromatic rings. The molecule has 1 aliphatic heterocycles. The standard InChI is InChI=1S/C27H30N2O5/c1-16(10-12-23(30)28-21-7-6-8-22-18(21)13-14-29(22)3)9-11-19-25(32-4)17(2)20-15-34-27(31)24(20)26(19)33-5/h6-9,13-14H,10-12,15H2,1-5H3,(H,28,30). The van der Waals surface area contributed by atoms with E-state index in [0.29, 0.717) is 36.3 Å². The number of aryl methyl sites for hydroxylation is 1.